The molecule has 3 N–H and O–H groups in total. The maximum atomic E-state index is 9.20. The van der Waals surface area contributed by atoms with E-state index in [9.17, 15) is 5.11 Å². The molecular weight excluding hydrogens is 114 g/mol. The van der Waals surface area contributed by atoms with Crippen molar-refractivity contribution in [1.29, 1.82) is 0 Å². The first kappa shape index (κ1) is 8.48. The molecule has 0 saturated carbocycles. The Bertz CT molecular complexity index is 118. The van der Waals surface area contributed by atoms with Gasteiger partial charge in [0, 0.05) is 12.5 Å². The van der Waals surface area contributed by atoms with Gasteiger partial charge in [-0.05, 0) is 13.8 Å². The highest BCUT2D eigenvalue weighted by Crippen LogP contribution is 2.07. The van der Waals surface area contributed by atoms with E-state index in [0.29, 0.717) is 6.42 Å². The standard InChI is InChI=1S/C7H13NO/c1-4-5-6(8)7(2,3)9/h1,6,9H,5,8H2,2-3H3. The van der Waals surface area contributed by atoms with Crippen molar-refractivity contribution >= 4 is 0 Å². The van der Waals surface area contributed by atoms with Crippen molar-refractivity contribution in [1.82, 2.24) is 0 Å². The molecule has 0 rings (SSSR count). The number of hydrogen-bond acceptors (Lipinski definition) is 2. The number of terminal acetylenes is 1. The molecule has 0 aliphatic rings. The molecular formula is C7H13NO. The Hall–Kier alpha value is -0.520. The van der Waals surface area contributed by atoms with E-state index in [-0.39, 0.29) is 6.04 Å². The summed E-state index contributed by atoms with van der Waals surface area (Å²) < 4.78 is 0. The van der Waals surface area contributed by atoms with E-state index in [2.05, 4.69) is 5.92 Å². The Kier molecular flexibility index (Phi) is 2.69. The predicted octanol–water partition coefficient (Wildman–Crippen LogP) is 0.108. The van der Waals surface area contributed by atoms with Crippen LogP contribution in [0.15, 0.2) is 0 Å². The average molecular weight is 127 g/mol. The summed E-state index contributed by atoms with van der Waals surface area (Å²) in [6.07, 6.45) is 5.41. The Morgan fingerprint density at radius 1 is 1.78 bits per heavy atom. The Labute approximate surface area is 56.1 Å². The largest absolute Gasteiger partial charge is 0.389 e. The van der Waals surface area contributed by atoms with Gasteiger partial charge in [0.25, 0.3) is 0 Å². The molecule has 2 nitrogen and oxygen atoms in total. The zero-order valence-electron chi connectivity index (χ0n) is 5.89. The van der Waals surface area contributed by atoms with Crippen LogP contribution in [0.4, 0.5) is 0 Å². The summed E-state index contributed by atoms with van der Waals surface area (Å²) in [5, 5.41) is 9.20. The first-order valence-corrected chi connectivity index (χ1v) is 2.90. The van der Waals surface area contributed by atoms with Crippen LogP contribution >= 0.6 is 0 Å². The van der Waals surface area contributed by atoms with Crippen molar-refractivity contribution in [3.8, 4) is 12.3 Å². The van der Waals surface area contributed by atoms with E-state index in [0.717, 1.165) is 0 Å². The van der Waals surface area contributed by atoms with Crippen LogP contribution in [0.1, 0.15) is 20.3 Å². The predicted molar refractivity (Wildman–Crippen MR) is 37.7 cm³/mol. The molecule has 0 bridgehead atoms. The molecule has 0 heterocycles. The second-order valence-electron chi connectivity index (χ2n) is 2.67. The molecule has 0 aromatic carbocycles. The lowest BCUT2D eigenvalue weighted by molar-refractivity contribution is 0.0537. The van der Waals surface area contributed by atoms with E-state index >= 15 is 0 Å². The van der Waals surface area contributed by atoms with E-state index in [1.54, 1.807) is 13.8 Å². The van der Waals surface area contributed by atoms with Crippen molar-refractivity contribution in [3.05, 3.63) is 0 Å². The van der Waals surface area contributed by atoms with Crippen LogP contribution in [0, 0.1) is 12.3 Å². The maximum Gasteiger partial charge on any atom is 0.0751 e. The minimum absolute atomic E-state index is 0.317. The van der Waals surface area contributed by atoms with Gasteiger partial charge in [-0.1, -0.05) is 0 Å². The molecule has 0 spiro atoms. The minimum atomic E-state index is -0.855. The summed E-state index contributed by atoms with van der Waals surface area (Å²) in [4.78, 5) is 0. The third kappa shape index (κ3) is 3.12. The number of rotatable bonds is 2. The topological polar surface area (TPSA) is 46.2 Å². The number of nitrogens with two attached hydrogens (primary N) is 1. The summed E-state index contributed by atoms with van der Waals surface area (Å²) in [5.74, 6) is 2.39. The van der Waals surface area contributed by atoms with E-state index < -0.39 is 5.60 Å². The quantitative estimate of drug-likeness (QED) is 0.517. The lowest BCUT2D eigenvalue weighted by Crippen LogP contribution is -2.42. The van der Waals surface area contributed by atoms with Gasteiger partial charge >= 0.3 is 0 Å². The summed E-state index contributed by atoms with van der Waals surface area (Å²) in [6.45, 7) is 3.30. The SMILES string of the molecule is C#CCC(N)C(C)(C)O. The first-order chi connectivity index (χ1) is 3.98. The van der Waals surface area contributed by atoms with E-state index in [1.807, 2.05) is 0 Å². The van der Waals surface area contributed by atoms with Crippen molar-refractivity contribution < 1.29 is 5.11 Å². The van der Waals surface area contributed by atoms with Crippen LogP contribution in [0.3, 0.4) is 0 Å². The lowest BCUT2D eigenvalue weighted by atomic mass is 9.97. The Morgan fingerprint density at radius 2 is 2.22 bits per heavy atom. The summed E-state index contributed by atoms with van der Waals surface area (Å²) >= 11 is 0. The zero-order valence-corrected chi connectivity index (χ0v) is 5.89. The molecule has 2 heteroatoms. The first-order valence-electron chi connectivity index (χ1n) is 2.90. The van der Waals surface area contributed by atoms with Gasteiger partial charge in [-0.3, -0.25) is 0 Å². The number of aliphatic hydroxyl groups is 1. The molecule has 0 aromatic heterocycles. The maximum absolute atomic E-state index is 9.20. The summed E-state index contributed by atoms with van der Waals surface area (Å²) in [5.41, 5.74) is 4.61. The smallest absolute Gasteiger partial charge is 0.0751 e. The molecule has 0 aromatic rings. The molecule has 0 aliphatic carbocycles. The van der Waals surface area contributed by atoms with Crippen LogP contribution in [0.25, 0.3) is 0 Å². The van der Waals surface area contributed by atoms with Gasteiger partial charge in [0.1, 0.15) is 0 Å². The van der Waals surface area contributed by atoms with Crippen LogP contribution in [0.5, 0.6) is 0 Å². The highest BCUT2D eigenvalue weighted by molar-refractivity contribution is 4.94. The van der Waals surface area contributed by atoms with Crippen LogP contribution in [0.2, 0.25) is 0 Å². The average Bonchev–Trinajstić information content (AvgIpc) is 1.64. The van der Waals surface area contributed by atoms with Gasteiger partial charge in [0.15, 0.2) is 0 Å². The number of hydrogen-bond donors (Lipinski definition) is 2. The van der Waals surface area contributed by atoms with Crippen LogP contribution < -0.4 is 5.73 Å². The molecule has 0 fully saturated rings. The monoisotopic (exact) mass is 127 g/mol. The molecule has 0 aliphatic heterocycles. The fourth-order valence-corrected chi connectivity index (χ4v) is 0.377. The van der Waals surface area contributed by atoms with Gasteiger partial charge in [0.05, 0.1) is 5.60 Å². The van der Waals surface area contributed by atoms with Crippen molar-refractivity contribution in [2.45, 2.75) is 31.9 Å². The molecule has 52 valence electrons. The van der Waals surface area contributed by atoms with Crippen molar-refractivity contribution in [2.24, 2.45) is 5.73 Å². The molecule has 0 saturated heterocycles. The van der Waals surface area contributed by atoms with Gasteiger partial charge in [-0.25, -0.2) is 0 Å². The lowest BCUT2D eigenvalue weighted by Gasteiger charge is -2.23. The molecule has 1 atom stereocenters. The van der Waals surface area contributed by atoms with Gasteiger partial charge in [-0.15, -0.1) is 12.3 Å². The third-order valence-electron chi connectivity index (χ3n) is 1.25. The highest BCUT2D eigenvalue weighted by atomic mass is 16.3. The minimum Gasteiger partial charge on any atom is -0.389 e. The van der Waals surface area contributed by atoms with Crippen molar-refractivity contribution in [3.63, 3.8) is 0 Å². The molecule has 9 heavy (non-hydrogen) atoms. The third-order valence-corrected chi connectivity index (χ3v) is 1.25. The second-order valence-corrected chi connectivity index (χ2v) is 2.67. The summed E-state index contributed by atoms with van der Waals surface area (Å²) in [7, 11) is 0. The Morgan fingerprint density at radius 3 is 2.33 bits per heavy atom. The van der Waals surface area contributed by atoms with Gasteiger partial charge < -0.3 is 10.8 Å². The zero-order chi connectivity index (χ0) is 7.49. The summed E-state index contributed by atoms with van der Waals surface area (Å²) in [6, 6.07) is -0.317. The van der Waals surface area contributed by atoms with Crippen molar-refractivity contribution in [2.75, 3.05) is 0 Å². The van der Waals surface area contributed by atoms with Gasteiger partial charge in [-0.2, -0.15) is 0 Å². The fourth-order valence-electron chi connectivity index (χ4n) is 0.377. The fraction of sp³-hybridized carbons (Fsp3) is 0.714. The molecule has 1 unspecified atom stereocenters. The van der Waals surface area contributed by atoms with E-state index in [1.165, 1.54) is 0 Å². The van der Waals surface area contributed by atoms with Gasteiger partial charge in [0.2, 0.25) is 0 Å². The van der Waals surface area contributed by atoms with E-state index in [4.69, 9.17) is 12.2 Å². The molecule has 0 amide bonds. The highest BCUT2D eigenvalue weighted by Gasteiger charge is 2.21. The van der Waals surface area contributed by atoms with Crippen LogP contribution in [-0.4, -0.2) is 16.7 Å². The Balaban J connectivity index is 3.76. The normalized spacial score (nSPS) is 14.6. The molecule has 0 radical (unpaired) electrons. The van der Waals surface area contributed by atoms with Crippen LogP contribution in [-0.2, 0) is 0 Å². The second kappa shape index (κ2) is 2.86.